The molecule has 1 aromatic rings. The van der Waals surface area contributed by atoms with E-state index in [1.165, 1.54) is 23.1 Å². The second-order valence-corrected chi connectivity index (χ2v) is 5.17. The molecule has 0 atom stereocenters. The lowest BCUT2D eigenvalue weighted by Gasteiger charge is -1.93. The maximum Gasteiger partial charge on any atom is 0.203 e. The molecule has 70 valence electrons. The third-order valence-electron chi connectivity index (χ3n) is 1.79. The zero-order valence-corrected chi connectivity index (χ0v) is 8.53. The van der Waals surface area contributed by atoms with Crippen molar-refractivity contribution < 1.29 is 4.79 Å². The number of hydrogen-bond donors (Lipinski definition) is 1. The Labute approximate surface area is 83.9 Å². The van der Waals surface area contributed by atoms with Crippen molar-refractivity contribution in [3.05, 3.63) is 0 Å². The Morgan fingerprint density at radius 2 is 2.38 bits per heavy atom. The molecule has 0 saturated heterocycles. The molecule has 1 fully saturated rings. The molecule has 13 heavy (non-hydrogen) atoms. The highest BCUT2D eigenvalue weighted by atomic mass is 32.2. The van der Waals surface area contributed by atoms with E-state index >= 15 is 0 Å². The van der Waals surface area contributed by atoms with Gasteiger partial charge >= 0.3 is 0 Å². The highest BCUT2D eigenvalue weighted by Crippen LogP contribution is 2.32. The van der Waals surface area contributed by atoms with Gasteiger partial charge in [-0.15, -0.1) is 10.2 Å². The zero-order valence-electron chi connectivity index (χ0n) is 6.90. The van der Waals surface area contributed by atoms with Crippen LogP contribution in [0.15, 0.2) is 4.34 Å². The molecular formula is C7H9N3OS2. The third-order valence-corrected chi connectivity index (χ3v) is 3.70. The summed E-state index contributed by atoms with van der Waals surface area (Å²) in [7, 11) is 0. The summed E-state index contributed by atoms with van der Waals surface area (Å²) in [5, 5.41) is 7.95. The zero-order chi connectivity index (χ0) is 9.26. The van der Waals surface area contributed by atoms with Crippen molar-refractivity contribution in [2.24, 2.45) is 5.92 Å². The van der Waals surface area contributed by atoms with Crippen LogP contribution in [0.4, 0.5) is 5.13 Å². The number of anilines is 1. The number of carbonyl (C=O) groups excluding carboxylic acids is 1. The molecule has 1 aliphatic rings. The van der Waals surface area contributed by atoms with Gasteiger partial charge in [-0.3, -0.25) is 4.79 Å². The molecular weight excluding hydrogens is 206 g/mol. The standard InChI is InChI=1S/C7H9N3OS2/c8-6-9-10-7(13-6)12-3-5(11)4-1-2-4/h4H,1-3H2,(H2,8,9). The van der Waals surface area contributed by atoms with Crippen LogP contribution < -0.4 is 5.73 Å². The number of nitrogen functional groups attached to an aromatic ring is 1. The molecule has 1 aromatic heterocycles. The van der Waals surface area contributed by atoms with Gasteiger partial charge in [0.15, 0.2) is 4.34 Å². The summed E-state index contributed by atoms with van der Waals surface area (Å²) < 4.78 is 0.784. The minimum atomic E-state index is 0.331. The van der Waals surface area contributed by atoms with Gasteiger partial charge < -0.3 is 5.73 Å². The van der Waals surface area contributed by atoms with E-state index in [0.717, 1.165) is 17.2 Å². The summed E-state index contributed by atoms with van der Waals surface area (Å²) in [4.78, 5) is 11.3. The molecule has 1 heterocycles. The lowest BCUT2D eigenvalue weighted by molar-refractivity contribution is -0.117. The monoisotopic (exact) mass is 215 g/mol. The van der Waals surface area contributed by atoms with Crippen molar-refractivity contribution in [1.82, 2.24) is 10.2 Å². The number of carbonyl (C=O) groups is 1. The number of nitrogens with zero attached hydrogens (tertiary/aromatic N) is 2. The van der Waals surface area contributed by atoms with E-state index in [1.807, 2.05) is 0 Å². The van der Waals surface area contributed by atoms with Gasteiger partial charge in [-0.05, 0) is 12.8 Å². The largest absolute Gasteiger partial charge is 0.374 e. The molecule has 0 unspecified atom stereocenters. The molecule has 4 nitrogen and oxygen atoms in total. The molecule has 2 N–H and O–H groups in total. The number of ketones is 1. The van der Waals surface area contributed by atoms with Gasteiger partial charge in [-0.1, -0.05) is 23.1 Å². The molecule has 0 amide bonds. The second kappa shape index (κ2) is 3.63. The van der Waals surface area contributed by atoms with Gasteiger partial charge in [0.25, 0.3) is 0 Å². The SMILES string of the molecule is Nc1nnc(SCC(=O)C2CC2)s1. The smallest absolute Gasteiger partial charge is 0.203 e. The highest BCUT2D eigenvalue weighted by Gasteiger charge is 2.29. The Balaban J connectivity index is 1.81. The van der Waals surface area contributed by atoms with Gasteiger partial charge in [0.05, 0.1) is 5.75 Å². The van der Waals surface area contributed by atoms with Gasteiger partial charge in [0.1, 0.15) is 5.78 Å². The van der Waals surface area contributed by atoms with Crippen LogP contribution in [-0.2, 0) is 4.79 Å². The maximum atomic E-state index is 11.3. The average molecular weight is 215 g/mol. The number of rotatable bonds is 4. The summed E-state index contributed by atoms with van der Waals surface area (Å²) >= 11 is 2.76. The fourth-order valence-electron chi connectivity index (χ4n) is 0.935. The van der Waals surface area contributed by atoms with Crippen LogP contribution in [0.3, 0.4) is 0 Å². The lowest BCUT2D eigenvalue weighted by Crippen LogP contribution is -2.02. The number of nitrogens with two attached hydrogens (primary N) is 1. The van der Waals surface area contributed by atoms with Crippen molar-refractivity contribution in [3.63, 3.8) is 0 Å². The molecule has 6 heteroatoms. The Hall–Kier alpha value is -0.620. The summed E-state index contributed by atoms with van der Waals surface area (Å²) in [6.45, 7) is 0. The van der Waals surface area contributed by atoms with Crippen molar-refractivity contribution in [2.75, 3.05) is 11.5 Å². The molecule has 1 aliphatic carbocycles. The molecule has 2 rings (SSSR count). The second-order valence-electron chi connectivity index (χ2n) is 2.94. The van der Waals surface area contributed by atoms with Crippen LogP contribution in [0.25, 0.3) is 0 Å². The first-order valence-electron chi connectivity index (χ1n) is 4.00. The third kappa shape index (κ3) is 2.41. The van der Waals surface area contributed by atoms with Gasteiger partial charge in [0.2, 0.25) is 5.13 Å². The molecule has 0 bridgehead atoms. The predicted molar refractivity (Wildman–Crippen MR) is 52.8 cm³/mol. The van der Waals surface area contributed by atoms with Crippen LogP contribution in [0.2, 0.25) is 0 Å². The van der Waals surface area contributed by atoms with Gasteiger partial charge in [-0.2, -0.15) is 0 Å². The van der Waals surface area contributed by atoms with Gasteiger partial charge in [0, 0.05) is 5.92 Å². The molecule has 0 aliphatic heterocycles. The Morgan fingerprint density at radius 3 is 2.92 bits per heavy atom. The number of aromatic nitrogens is 2. The topological polar surface area (TPSA) is 68.9 Å². The Kier molecular flexibility index (Phi) is 2.50. The summed E-state index contributed by atoms with van der Waals surface area (Å²) in [5.74, 6) is 1.18. The van der Waals surface area contributed by atoms with Crippen LogP contribution in [-0.4, -0.2) is 21.7 Å². The predicted octanol–water partition coefficient (Wildman–Crippen LogP) is 1.19. The average Bonchev–Trinajstić information content (AvgIpc) is 2.87. The maximum absolute atomic E-state index is 11.3. The Bertz CT molecular complexity index is 321. The van der Waals surface area contributed by atoms with Crippen LogP contribution >= 0.6 is 23.1 Å². The van der Waals surface area contributed by atoms with Crippen LogP contribution in [0.1, 0.15) is 12.8 Å². The first-order valence-corrected chi connectivity index (χ1v) is 5.80. The minimum absolute atomic E-state index is 0.331. The molecule has 1 saturated carbocycles. The Morgan fingerprint density at radius 1 is 1.62 bits per heavy atom. The van der Waals surface area contributed by atoms with Crippen molar-refractivity contribution >= 4 is 34.0 Å². The van der Waals surface area contributed by atoms with Crippen LogP contribution in [0.5, 0.6) is 0 Å². The van der Waals surface area contributed by atoms with E-state index < -0.39 is 0 Å². The van der Waals surface area contributed by atoms with E-state index in [4.69, 9.17) is 5.73 Å². The summed E-state index contributed by atoms with van der Waals surface area (Å²) in [5.41, 5.74) is 5.40. The molecule has 0 radical (unpaired) electrons. The van der Waals surface area contributed by atoms with E-state index in [1.54, 1.807) is 0 Å². The fraction of sp³-hybridized carbons (Fsp3) is 0.571. The van der Waals surface area contributed by atoms with E-state index in [0.29, 0.717) is 22.6 Å². The first kappa shape index (κ1) is 8.96. The van der Waals surface area contributed by atoms with E-state index in [2.05, 4.69) is 10.2 Å². The minimum Gasteiger partial charge on any atom is -0.374 e. The number of hydrogen-bond acceptors (Lipinski definition) is 6. The summed E-state index contributed by atoms with van der Waals surface area (Å²) in [6.07, 6.45) is 2.13. The molecule has 0 aromatic carbocycles. The lowest BCUT2D eigenvalue weighted by atomic mass is 10.3. The highest BCUT2D eigenvalue weighted by molar-refractivity contribution is 8.01. The van der Waals surface area contributed by atoms with E-state index in [9.17, 15) is 4.79 Å². The fourth-order valence-corrected chi connectivity index (χ4v) is 2.55. The van der Waals surface area contributed by atoms with Crippen molar-refractivity contribution in [3.8, 4) is 0 Å². The number of Topliss-reactive ketones (excluding diaryl/α,β-unsaturated/α-hetero) is 1. The first-order chi connectivity index (χ1) is 6.25. The van der Waals surface area contributed by atoms with Crippen LogP contribution in [0, 0.1) is 5.92 Å². The quantitative estimate of drug-likeness (QED) is 0.764. The van der Waals surface area contributed by atoms with E-state index in [-0.39, 0.29) is 0 Å². The number of thioether (sulfide) groups is 1. The summed E-state index contributed by atoms with van der Waals surface area (Å²) in [6, 6.07) is 0. The molecule has 0 spiro atoms. The normalized spacial score (nSPS) is 16.0. The van der Waals surface area contributed by atoms with Gasteiger partial charge in [-0.25, -0.2) is 0 Å². The van der Waals surface area contributed by atoms with Crippen molar-refractivity contribution in [1.29, 1.82) is 0 Å². The van der Waals surface area contributed by atoms with Crippen molar-refractivity contribution in [2.45, 2.75) is 17.2 Å².